The van der Waals surface area contributed by atoms with Gasteiger partial charge in [0.2, 0.25) is 0 Å². The van der Waals surface area contributed by atoms with Gasteiger partial charge in [-0.05, 0) is 24.7 Å². The molecule has 0 spiro atoms. The lowest BCUT2D eigenvalue weighted by atomic mass is 9.75. The Kier molecular flexibility index (Phi) is 3.76. The van der Waals surface area contributed by atoms with E-state index in [1.807, 2.05) is 13.8 Å². The van der Waals surface area contributed by atoms with Crippen molar-refractivity contribution in [3.63, 3.8) is 0 Å². The van der Waals surface area contributed by atoms with E-state index in [0.717, 1.165) is 5.69 Å². The number of fused-ring (bicyclic) bond motifs is 1. The molecule has 108 valence electrons. The van der Waals surface area contributed by atoms with Gasteiger partial charge >= 0.3 is 0 Å². The van der Waals surface area contributed by atoms with E-state index in [9.17, 15) is 9.59 Å². The number of Topliss-reactive ketones (excluding diaryl/α,β-unsaturated/α-hetero) is 2. The fourth-order valence-electron chi connectivity index (χ4n) is 2.82. The zero-order chi connectivity index (χ0) is 15.2. The molecular formula is C16H20ClNO2. The van der Waals surface area contributed by atoms with Crippen molar-refractivity contribution in [1.29, 1.82) is 0 Å². The van der Waals surface area contributed by atoms with Crippen LogP contribution in [0.2, 0.25) is 5.02 Å². The first-order valence-electron chi connectivity index (χ1n) is 6.90. The third kappa shape index (κ3) is 2.51. The molecule has 3 nitrogen and oxygen atoms in total. The summed E-state index contributed by atoms with van der Waals surface area (Å²) in [6.07, 6.45) is 1.16. The zero-order valence-electron chi connectivity index (χ0n) is 12.6. The third-order valence-corrected chi connectivity index (χ3v) is 4.08. The molecule has 1 aromatic heterocycles. The fourth-order valence-corrected chi connectivity index (χ4v) is 3.27. The number of hydrogen-bond donors (Lipinski definition) is 0. The van der Waals surface area contributed by atoms with Gasteiger partial charge in [0.25, 0.3) is 0 Å². The molecule has 0 radical (unpaired) electrons. The van der Waals surface area contributed by atoms with Crippen molar-refractivity contribution < 1.29 is 9.59 Å². The first-order chi connectivity index (χ1) is 9.14. The molecule has 2 rings (SSSR count). The third-order valence-electron chi connectivity index (χ3n) is 3.70. The number of carbonyl (C=O) groups excluding carboxylic acids is 2. The SMILES string of the molecule is CC(=O)c1c(C(C)C)nc2c(c1Cl)C(=O)CC(C)(C)C2. The van der Waals surface area contributed by atoms with Crippen LogP contribution in [0.4, 0.5) is 0 Å². The Labute approximate surface area is 124 Å². The molecule has 4 heteroatoms. The highest BCUT2D eigenvalue weighted by Gasteiger charge is 2.36. The molecule has 0 saturated heterocycles. The first kappa shape index (κ1) is 15.2. The summed E-state index contributed by atoms with van der Waals surface area (Å²) in [7, 11) is 0. The average Bonchev–Trinajstić information content (AvgIpc) is 2.24. The standard InChI is InChI=1S/C16H20ClNO2/c1-8(2)15-12(9(3)19)14(17)13-10(18-15)6-16(4,5)7-11(13)20/h8H,6-7H2,1-5H3. The molecule has 0 fully saturated rings. The van der Waals surface area contributed by atoms with Crippen LogP contribution in [-0.2, 0) is 6.42 Å². The number of aromatic nitrogens is 1. The minimum Gasteiger partial charge on any atom is -0.294 e. The van der Waals surface area contributed by atoms with E-state index in [1.54, 1.807) is 0 Å². The summed E-state index contributed by atoms with van der Waals surface area (Å²) < 4.78 is 0. The van der Waals surface area contributed by atoms with Gasteiger partial charge in [-0.2, -0.15) is 0 Å². The largest absolute Gasteiger partial charge is 0.294 e. The molecule has 20 heavy (non-hydrogen) atoms. The first-order valence-corrected chi connectivity index (χ1v) is 7.28. The molecule has 1 aromatic rings. The van der Waals surface area contributed by atoms with Crippen LogP contribution in [0.25, 0.3) is 0 Å². The number of rotatable bonds is 2. The Balaban J connectivity index is 2.76. The van der Waals surface area contributed by atoms with Crippen molar-refractivity contribution in [3.05, 3.63) is 27.5 Å². The second-order valence-electron chi connectivity index (χ2n) is 6.66. The molecule has 0 atom stereocenters. The van der Waals surface area contributed by atoms with Crippen molar-refractivity contribution in [1.82, 2.24) is 4.98 Å². The summed E-state index contributed by atoms with van der Waals surface area (Å²) in [6.45, 7) is 9.54. The molecule has 0 N–H and O–H groups in total. The maximum Gasteiger partial charge on any atom is 0.166 e. The van der Waals surface area contributed by atoms with Crippen LogP contribution >= 0.6 is 11.6 Å². The number of halogens is 1. The van der Waals surface area contributed by atoms with Gasteiger partial charge in [-0.1, -0.05) is 39.3 Å². The van der Waals surface area contributed by atoms with Gasteiger partial charge in [-0.3, -0.25) is 14.6 Å². The molecule has 0 aromatic carbocycles. The molecular weight excluding hydrogens is 274 g/mol. The van der Waals surface area contributed by atoms with Crippen LogP contribution < -0.4 is 0 Å². The Bertz CT molecular complexity index is 603. The van der Waals surface area contributed by atoms with E-state index in [-0.39, 0.29) is 22.9 Å². The van der Waals surface area contributed by atoms with Crippen LogP contribution in [0, 0.1) is 5.41 Å². The van der Waals surface area contributed by atoms with Gasteiger partial charge in [-0.15, -0.1) is 0 Å². The number of pyridine rings is 1. The van der Waals surface area contributed by atoms with Crippen molar-refractivity contribution in [2.24, 2.45) is 5.41 Å². The molecule has 1 aliphatic carbocycles. The maximum absolute atomic E-state index is 12.3. The van der Waals surface area contributed by atoms with Crippen LogP contribution in [0.5, 0.6) is 0 Å². The summed E-state index contributed by atoms with van der Waals surface area (Å²) in [4.78, 5) is 28.8. The summed E-state index contributed by atoms with van der Waals surface area (Å²) in [5.74, 6) is -0.0463. The zero-order valence-corrected chi connectivity index (χ0v) is 13.4. The van der Waals surface area contributed by atoms with E-state index >= 15 is 0 Å². The summed E-state index contributed by atoms with van der Waals surface area (Å²) >= 11 is 6.38. The Hall–Kier alpha value is -1.22. The minimum absolute atomic E-state index is 0.00782. The Morgan fingerprint density at radius 3 is 2.40 bits per heavy atom. The predicted octanol–water partition coefficient (Wildman–Crippen LogP) is 4.22. The quantitative estimate of drug-likeness (QED) is 0.767. The van der Waals surface area contributed by atoms with Crippen molar-refractivity contribution in [3.8, 4) is 0 Å². The van der Waals surface area contributed by atoms with Gasteiger partial charge < -0.3 is 0 Å². The summed E-state index contributed by atoms with van der Waals surface area (Å²) in [5.41, 5.74) is 2.21. The number of carbonyl (C=O) groups is 2. The normalized spacial score (nSPS) is 17.2. The highest BCUT2D eigenvalue weighted by atomic mass is 35.5. The van der Waals surface area contributed by atoms with Crippen molar-refractivity contribution in [2.75, 3.05) is 0 Å². The van der Waals surface area contributed by atoms with Crippen LogP contribution in [0.3, 0.4) is 0 Å². The number of ketones is 2. The second kappa shape index (κ2) is 4.96. The molecule has 0 saturated carbocycles. The Morgan fingerprint density at radius 2 is 1.90 bits per heavy atom. The highest BCUT2D eigenvalue weighted by molar-refractivity contribution is 6.37. The van der Waals surface area contributed by atoms with Gasteiger partial charge in [0.15, 0.2) is 11.6 Å². The van der Waals surface area contributed by atoms with Gasteiger partial charge in [0, 0.05) is 6.42 Å². The number of nitrogens with zero attached hydrogens (tertiary/aromatic N) is 1. The summed E-state index contributed by atoms with van der Waals surface area (Å²) in [5, 5.41) is 0.298. The van der Waals surface area contributed by atoms with E-state index in [2.05, 4.69) is 18.8 Å². The van der Waals surface area contributed by atoms with Crippen molar-refractivity contribution >= 4 is 23.2 Å². The lowest BCUT2D eigenvalue weighted by molar-refractivity contribution is 0.0910. The molecule has 1 heterocycles. The van der Waals surface area contributed by atoms with Crippen LogP contribution in [0.1, 0.15) is 79.1 Å². The molecule has 0 aliphatic heterocycles. The van der Waals surface area contributed by atoms with E-state index in [0.29, 0.717) is 34.7 Å². The van der Waals surface area contributed by atoms with E-state index in [1.165, 1.54) is 6.92 Å². The minimum atomic E-state index is -0.133. The lowest BCUT2D eigenvalue weighted by Crippen LogP contribution is -2.29. The van der Waals surface area contributed by atoms with Gasteiger partial charge in [-0.25, -0.2) is 0 Å². The fraction of sp³-hybridized carbons (Fsp3) is 0.562. The average molecular weight is 294 g/mol. The smallest absolute Gasteiger partial charge is 0.166 e. The van der Waals surface area contributed by atoms with Crippen molar-refractivity contribution in [2.45, 2.75) is 53.4 Å². The van der Waals surface area contributed by atoms with Gasteiger partial charge in [0.1, 0.15) is 0 Å². The van der Waals surface area contributed by atoms with Crippen LogP contribution in [0.15, 0.2) is 0 Å². The van der Waals surface area contributed by atoms with Gasteiger partial charge in [0.05, 0.1) is 27.5 Å². The molecule has 0 unspecified atom stereocenters. The maximum atomic E-state index is 12.3. The van der Waals surface area contributed by atoms with E-state index < -0.39 is 0 Å². The monoisotopic (exact) mass is 293 g/mol. The van der Waals surface area contributed by atoms with Crippen LogP contribution in [-0.4, -0.2) is 16.6 Å². The number of hydrogen-bond acceptors (Lipinski definition) is 3. The topological polar surface area (TPSA) is 47.0 Å². The second-order valence-corrected chi connectivity index (χ2v) is 7.04. The molecule has 1 aliphatic rings. The predicted molar refractivity (Wildman–Crippen MR) is 79.8 cm³/mol. The molecule has 0 amide bonds. The Morgan fingerprint density at radius 1 is 1.30 bits per heavy atom. The highest BCUT2D eigenvalue weighted by Crippen LogP contribution is 2.39. The van der Waals surface area contributed by atoms with E-state index in [4.69, 9.17) is 11.6 Å². The lowest BCUT2D eigenvalue weighted by Gasteiger charge is -2.31. The summed E-state index contributed by atoms with van der Waals surface area (Å²) in [6, 6.07) is 0. The molecule has 0 bridgehead atoms.